The van der Waals surface area contributed by atoms with Crippen LogP contribution in [-0.4, -0.2) is 30.8 Å². The Morgan fingerprint density at radius 3 is 2.65 bits per heavy atom. The van der Waals surface area contributed by atoms with E-state index < -0.39 is 0 Å². The van der Waals surface area contributed by atoms with Crippen LogP contribution < -0.4 is 9.47 Å². The summed E-state index contributed by atoms with van der Waals surface area (Å²) in [6, 6.07) is 7.62. The van der Waals surface area contributed by atoms with E-state index in [0.717, 1.165) is 16.8 Å². The number of hydrogen-bond donors (Lipinski definition) is 0. The Bertz CT molecular complexity index is 740. The normalized spacial score (nSPS) is 17.1. The lowest BCUT2D eigenvalue weighted by molar-refractivity contribution is -0.130. The van der Waals surface area contributed by atoms with Gasteiger partial charge in [0.15, 0.2) is 11.5 Å². The quantitative estimate of drug-likeness (QED) is 0.862. The smallest absolute Gasteiger partial charge is 0.240 e. The van der Waals surface area contributed by atoms with Crippen molar-refractivity contribution in [3.8, 4) is 11.5 Å². The molecule has 2 heterocycles. The van der Waals surface area contributed by atoms with Gasteiger partial charge in [-0.1, -0.05) is 6.07 Å². The van der Waals surface area contributed by atoms with Crippen molar-refractivity contribution in [1.29, 1.82) is 0 Å². The monoisotopic (exact) mass is 330 g/mol. The average molecular weight is 330 g/mol. The van der Waals surface area contributed by atoms with Crippen LogP contribution in [0.1, 0.15) is 30.5 Å². The molecular formula is C17H18N2O3S. The van der Waals surface area contributed by atoms with Crippen molar-refractivity contribution in [3.05, 3.63) is 46.2 Å². The number of carbonyl (C=O) groups is 1. The van der Waals surface area contributed by atoms with Crippen molar-refractivity contribution in [2.75, 3.05) is 14.2 Å². The molecule has 0 saturated heterocycles. The molecule has 0 aliphatic carbocycles. The van der Waals surface area contributed by atoms with Crippen LogP contribution in [-0.2, 0) is 4.79 Å². The first kappa shape index (κ1) is 15.6. The van der Waals surface area contributed by atoms with Gasteiger partial charge in [0.25, 0.3) is 0 Å². The Kier molecular flexibility index (Phi) is 4.34. The minimum atomic E-state index is -0.123. The first-order chi connectivity index (χ1) is 11.1. The number of benzene rings is 1. The molecule has 1 aliphatic heterocycles. The topological polar surface area (TPSA) is 51.1 Å². The van der Waals surface area contributed by atoms with Crippen LogP contribution in [0.3, 0.4) is 0 Å². The Hall–Kier alpha value is -2.34. The third-order valence-electron chi connectivity index (χ3n) is 3.88. The molecular weight excluding hydrogens is 312 g/mol. The first-order valence-corrected chi connectivity index (χ1v) is 8.20. The zero-order chi connectivity index (χ0) is 16.4. The van der Waals surface area contributed by atoms with Gasteiger partial charge >= 0.3 is 0 Å². The predicted octanol–water partition coefficient (Wildman–Crippen LogP) is 3.46. The van der Waals surface area contributed by atoms with E-state index in [4.69, 9.17) is 9.47 Å². The van der Waals surface area contributed by atoms with Crippen LogP contribution in [0, 0.1) is 0 Å². The second kappa shape index (κ2) is 6.42. The maximum Gasteiger partial charge on any atom is 0.240 e. The van der Waals surface area contributed by atoms with Crippen LogP contribution in [0.25, 0.3) is 0 Å². The molecule has 6 heteroatoms. The number of amides is 1. The average Bonchev–Trinajstić information content (AvgIpc) is 3.23. The Labute approximate surface area is 139 Å². The number of thiophene rings is 1. The summed E-state index contributed by atoms with van der Waals surface area (Å²) in [4.78, 5) is 12.0. The van der Waals surface area contributed by atoms with Gasteiger partial charge in [-0.2, -0.15) is 16.4 Å². The van der Waals surface area contributed by atoms with Crippen LogP contribution >= 0.6 is 11.3 Å². The van der Waals surface area contributed by atoms with Gasteiger partial charge in [0.1, 0.15) is 0 Å². The van der Waals surface area contributed by atoms with Crippen LogP contribution in [0.5, 0.6) is 11.5 Å². The van der Waals surface area contributed by atoms with Crippen molar-refractivity contribution in [2.45, 2.75) is 19.4 Å². The highest BCUT2D eigenvalue weighted by Crippen LogP contribution is 2.37. The summed E-state index contributed by atoms with van der Waals surface area (Å²) in [7, 11) is 3.21. The molecule has 0 radical (unpaired) electrons. The number of carbonyl (C=O) groups excluding carboxylic acids is 1. The standard InChI is InChI=1S/C17H18N2O3S/c1-11(20)19-15(9-14(18-19)13-6-7-23-10-13)12-4-5-16(21-2)17(8-12)22-3/h4-8,10,15H,9H2,1-3H3/t15-/m0/s1. The molecule has 1 aromatic heterocycles. The van der Waals surface area contributed by atoms with Gasteiger partial charge < -0.3 is 9.47 Å². The Morgan fingerprint density at radius 1 is 1.26 bits per heavy atom. The first-order valence-electron chi connectivity index (χ1n) is 7.25. The fourth-order valence-corrected chi connectivity index (χ4v) is 3.39. The number of methoxy groups -OCH3 is 2. The molecule has 1 aliphatic rings. The minimum Gasteiger partial charge on any atom is -0.493 e. The van der Waals surface area contributed by atoms with Crippen molar-refractivity contribution in [3.63, 3.8) is 0 Å². The van der Waals surface area contributed by atoms with E-state index in [1.165, 1.54) is 6.92 Å². The molecule has 1 atom stereocenters. The number of ether oxygens (including phenoxy) is 2. The van der Waals surface area contributed by atoms with E-state index in [-0.39, 0.29) is 11.9 Å². The van der Waals surface area contributed by atoms with Crippen molar-refractivity contribution in [1.82, 2.24) is 5.01 Å². The second-order valence-electron chi connectivity index (χ2n) is 5.26. The zero-order valence-electron chi connectivity index (χ0n) is 13.3. The van der Waals surface area contributed by atoms with Gasteiger partial charge in [-0.15, -0.1) is 0 Å². The molecule has 0 saturated carbocycles. The summed E-state index contributed by atoms with van der Waals surface area (Å²) < 4.78 is 10.6. The molecule has 0 N–H and O–H groups in total. The highest BCUT2D eigenvalue weighted by Gasteiger charge is 2.32. The van der Waals surface area contributed by atoms with Crippen molar-refractivity contribution < 1.29 is 14.3 Å². The van der Waals surface area contributed by atoms with Gasteiger partial charge in [0.05, 0.1) is 26.0 Å². The summed E-state index contributed by atoms with van der Waals surface area (Å²) in [5.74, 6) is 1.25. The third-order valence-corrected chi connectivity index (χ3v) is 4.56. The third kappa shape index (κ3) is 2.94. The van der Waals surface area contributed by atoms with Crippen LogP contribution in [0.15, 0.2) is 40.1 Å². The van der Waals surface area contributed by atoms with Crippen molar-refractivity contribution in [2.24, 2.45) is 5.10 Å². The molecule has 120 valence electrons. The molecule has 0 bridgehead atoms. The molecule has 1 aromatic carbocycles. The van der Waals surface area contributed by atoms with E-state index in [1.54, 1.807) is 30.6 Å². The number of rotatable bonds is 4. The van der Waals surface area contributed by atoms with E-state index in [9.17, 15) is 4.79 Å². The number of hydrogen-bond acceptors (Lipinski definition) is 5. The maximum atomic E-state index is 12.0. The summed E-state index contributed by atoms with van der Waals surface area (Å²) in [5, 5.41) is 10.1. The number of nitrogens with zero attached hydrogens (tertiary/aromatic N) is 2. The fourth-order valence-electron chi connectivity index (χ4n) is 2.72. The van der Waals surface area contributed by atoms with Crippen LogP contribution in [0.2, 0.25) is 0 Å². The molecule has 1 amide bonds. The molecule has 3 rings (SSSR count). The highest BCUT2D eigenvalue weighted by molar-refractivity contribution is 7.08. The summed E-state index contributed by atoms with van der Waals surface area (Å²) in [6.45, 7) is 1.54. The van der Waals surface area contributed by atoms with E-state index in [0.29, 0.717) is 17.9 Å². The SMILES string of the molecule is COc1ccc([C@@H]2CC(c3ccsc3)=NN2C(C)=O)cc1OC. The number of hydrazone groups is 1. The fraction of sp³-hybridized carbons (Fsp3) is 0.294. The van der Waals surface area contributed by atoms with Crippen LogP contribution in [0.4, 0.5) is 0 Å². The van der Waals surface area contributed by atoms with E-state index in [2.05, 4.69) is 5.10 Å². The molecule has 23 heavy (non-hydrogen) atoms. The van der Waals surface area contributed by atoms with Crippen molar-refractivity contribution >= 4 is 23.0 Å². The lowest BCUT2D eigenvalue weighted by Gasteiger charge is -2.21. The molecule has 5 nitrogen and oxygen atoms in total. The van der Waals surface area contributed by atoms with Gasteiger partial charge in [-0.25, -0.2) is 5.01 Å². The van der Waals surface area contributed by atoms with Gasteiger partial charge in [-0.05, 0) is 34.5 Å². The maximum absolute atomic E-state index is 12.0. The Morgan fingerprint density at radius 2 is 2.04 bits per heavy atom. The minimum absolute atomic E-state index is 0.0741. The molecule has 2 aromatic rings. The summed E-state index contributed by atoms with van der Waals surface area (Å²) in [6.07, 6.45) is 0.686. The van der Waals surface area contributed by atoms with E-state index in [1.807, 2.05) is 35.0 Å². The zero-order valence-corrected chi connectivity index (χ0v) is 14.1. The Balaban J connectivity index is 1.95. The highest BCUT2D eigenvalue weighted by atomic mass is 32.1. The van der Waals surface area contributed by atoms with Gasteiger partial charge in [0.2, 0.25) is 5.91 Å². The summed E-state index contributed by atoms with van der Waals surface area (Å²) in [5.41, 5.74) is 2.98. The van der Waals surface area contributed by atoms with Gasteiger partial charge in [0, 0.05) is 18.9 Å². The predicted molar refractivity (Wildman–Crippen MR) is 90.3 cm³/mol. The summed E-state index contributed by atoms with van der Waals surface area (Å²) >= 11 is 1.62. The molecule has 0 spiro atoms. The largest absolute Gasteiger partial charge is 0.493 e. The lowest BCUT2D eigenvalue weighted by Crippen LogP contribution is -2.24. The lowest BCUT2D eigenvalue weighted by atomic mass is 9.99. The molecule has 0 unspecified atom stereocenters. The second-order valence-corrected chi connectivity index (χ2v) is 6.04. The van der Waals surface area contributed by atoms with E-state index >= 15 is 0 Å². The molecule has 0 fully saturated rings. The van der Waals surface area contributed by atoms with Gasteiger partial charge in [-0.3, -0.25) is 4.79 Å².